The number of ether oxygens (including phenoxy) is 1. The molecule has 1 aromatic heterocycles. The Morgan fingerprint density at radius 1 is 1.05 bits per heavy atom. The Labute approximate surface area is 224 Å². The van der Waals surface area contributed by atoms with Crippen molar-refractivity contribution < 1.29 is 19.4 Å². The predicted octanol–water partition coefficient (Wildman–Crippen LogP) is 5.47. The molecule has 38 heavy (non-hydrogen) atoms. The molecule has 1 aliphatic rings. The Balaban J connectivity index is 1.88. The van der Waals surface area contributed by atoms with Gasteiger partial charge in [0, 0.05) is 37.1 Å². The molecule has 0 spiro atoms. The Morgan fingerprint density at radius 2 is 1.76 bits per heavy atom. The molecule has 4 rings (SSSR count). The van der Waals surface area contributed by atoms with Crippen LogP contribution < -0.4 is 9.64 Å². The van der Waals surface area contributed by atoms with E-state index in [2.05, 4.69) is 25.8 Å². The number of rotatable bonds is 7. The zero-order chi connectivity index (χ0) is 27.6. The summed E-state index contributed by atoms with van der Waals surface area (Å²) in [7, 11) is 3.89. The molecule has 1 fully saturated rings. The van der Waals surface area contributed by atoms with Crippen molar-refractivity contribution in [3.63, 3.8) is 0 Å². The number of aliphatic hydroxyl groups is 1. The van der Waals surface area contributed by atoms with E-state index >= 15 is 0 Å². The lowest BCUT2D eigenvalue weighted by molar-refractivity contribution is -0.140. The van der Waals surface area contributed by atoms with Crippen molar-refractivity contribution in [2.45, 2.75) is 45.7 Å². The number of ketones is 1. The van der Waals surface area contributed by atoms with Crippen LogP contribution in [0.25, 0.3) is 5.76 Å². The number of nitrogens with zero attached hydrogens (tertiary/aromatic N) is 3. The summed E-state index contributed by atoms with van der Waals surface area (Å²) in [6, 6.07) is 17.7. The lowest BCUT2D eigenvalue weighted by atomic mass is 9.84. The number of benzene rings is 2. The molecular formula is C31H35N3O4. The van der Waals surface area contributed by atoms with Gasteiger partial charge < -0.3 is 19.6 Å². The number of Topliss-reactive ketones (excluding diaryl/α,β-unsaturated/α-hetero) is 1. The highest BCUT2D eigenvalue weighted by Crippen LogP contribution is 2.42. The molecule has 198 valence electrons. The van der Waals surface area contributed by atoms with Crippen LogP contribution in [0.2, 0.25) is 0 Å². The minimum Gasteiger partial charge on any atom is -0.507 e. The molecule has 1 saturated heterocycles. The van der Waals surface area contributed by atoms with Crippen LogP contribution in [-0.2, 0) is 21.5 Å². The average Bonchev–Trinajstić information content (AvgIpc) is 3.13. The van der Waals surface area contributed by atoms with Gasteiger partial charge >= 0.3 is 0 Å². The van der Waals surface area contributed by atoms with E-state index in [4.69, 9.17) is 4.74 Å². The SMILES string of the molecule is CCOc1ccc(/C(O)=C2/C(=O)C(=O)N(Cc3ccccn3)C2c2ccc(N(C)C)cc2)cc1C(C)(C)C. The third-order valence-electron chi connectivity index (χ3n) is 6.68. The predicted molar refractivity (Wildman–Crippen MR) is 149 cm³/mol. The van der Waals surface area contributed by atoms with Crippen LogP contribution in [0.5, 0.6) is 5.75 Å². The summed E-state index contributed by atoms with van der Waals surface area (Å²) in [5, 5.41) is 11.6. The molecule has 0 radical (unpaired) electrons. The first-order valence-electron chi connectivity index (χ1n) is 12.8. The number of aromatic nitrogens is 1. The summed E-state index contributed by atoms with van der Waals surface area (Å²) in [4.78, 5) is 34.6. The second-order valence-corrected chi connectivity index (χ2v) is 10.6. The van der Waals surface area contributed by atoms with Crippen LogP contribution in [0.4, 0.5) is 5.69 Å². The molecule has 3 aromatic rings. The number of hydrogen-bond acceptors (Lipinski definition) is 6. The summed E-state index contributed by atoms with van der Waals surface area (Å²) >= 11 is 0. The van der Waals surface area contributed by atoms with Crippen molar-refractivity contribution in [3.8, 4) is 5.75 Å². The first-order valence-corrected chi connectivity index (χ1v) is 12.8. The van der Waals surface area contributed by atoms with E-state index in [1.165, 1.54) is 4.90 Å². The fourth-order valence-corrected chi connectivity index (χ4v) is 4.71. The Morgan fingerprint density at radius 3 is 2.34 bits per heavy atom. The van der Waals surface area contributed by atoms with Gasteiger partial charge in [0.25, 0.3) is 11.7 Å². The van der Waals surface area contributed by atoms with Crippen molar-refractivity contribution in [2.75, 3.05) is 25.6 Å². The molecule has 7 nitrogen and oxygen atoms in total. The number of likely N-dealkylation sites (tertiary alicyclic amines) is 1. The summed E-state index contributed by atoms with van der Waals surface area (Å²) < 4.78 is 5.83. The maximum absolute atomic E-state index is 13.5. The maximum Gasteiger partial charge on any atom is 0.296 e. The van der Waals surface area contributed by atoms with Crippen LogP contribution in [0.1, 0.15) is 56.1 Å². The highest BCUT2D eigenvalue weighted by atomic mass is 16.5. The molecule has 1 N–H and O–H groups in total. The second-order valence-electron chi connectivity index (χ2n) is 10.6. The molecule has 1 unspecified atom stereocenters. The smallest absolute Gasteiger partial charge is 0.296 e. The Kier molecular flexibility index (Phi) is 7.58. The maximum atomic E-state index is 13.5. The van der Waals surface area contributed by atoms with Crippen molar-refractivity contribution in [2.24, 2.45) is 0 Å². The van der Waals surface area contributed by atoms with Gasteiger partial charge in [0.2, 0.25) is 0 Å². The van der Waals surface area contributed by atoms with E-state index in [0.717, 1.165) is 22.6 Å². The first kappa shape index (κ1) is 26.9. The van der Waals surface area contributed by atoms with Crippen molar-refractivity contribution in [1.29, 1.82) is 0 Å². The number of aliphatic hydroxyl groups excluding tert-OH is 1. The van der Waals surface area contributed by atoms with E-state index < -0.39 is 17.7 Å². The fourth-order valence-electron chi connectivity index (χ4n) is 4.71. The highest BCUT2D eigenvalue weighted by Gasteiger charge is 2.46. The van der Waals surface area contributed by atoms with Gasteiger partial charge in [-0.2, -0.15) is 0 Å². The lowest BCUT2D eigenvalue weighted by Crippen LogP contribution is -2.29. The van der Waals surface area contributed by atoms with Crippen molar-refractivity contribution in [3.05, 3.63) is 94.8 Å². The summed E-state index contributed by atoms with van der Waals surface area (Å²) in [5.41, 5.74) is 3.52. The molecule has 2 heterocycles. The third kappa shape index (κ3) is 5.28. The van der Waals surface area contributed by atoms with Gasteiger partial charge in [-0.3, -0.25) is 14.6 Å². The second kappa shape index (κ2) is 10.7. The standard InChI is InChI=1S/C31H35N3O4/c1-7-38-25-16-13-21(18-24(25)31(2,3)4)28(35)26-27(20-11-14-23(15-12-20)33(5)6)34(30(37)29(26)36)19-22-10-8-9-17-32-22/h8-18,27,35H,7,19H2,1-6H3/b28-26-. The molecule has 1 atom stereocenters. The van der Waals surface area contributed by atoms with Gasteiger partial charge in [0.05, 0.1) is 30.5 Å². The van der Waals surface area contributed by atoms with E-state index in [1.807, 2.05) is 74.4 Å². The molecular weight excluding hydrogens is 478 g/mol. The molecule has 1 aliphatic heterocycles. The molecule has 0 aliphatic carbocycles. The number of amides is 1. The zero-order valence-electron chi connectivity index (χ0n) is 22.9. The van der Waals surface area contributed by atoms with Crippen LogP contribution in [0, 0.1) is 0 Å². The number of hydrogen-bond donors (Lipinski definition) is 1. The van der Waals surface area contributed by atoms with Crippen LogP contribution in [-0.4, -0.2) is 47.4 Å². The van der Waals surface area contributed by atoms with Gasteiger partial charge in [-0.15, -0.1) is 0 Å². The molecule has 0 bridgehead atoms. The fraction of sp³-hybridized carbons (Fsp3) is 0.323. The summed E-state index contributed by atoms with van der Waals surface area (Å²) in [5.74, 6) is -0.864. The van der Waals surface area contributed by atoms with Crippen LogP contribution >= 0.6 is 0 Å². The molecule has 0 saturated carbocycles. The number of pyridine rings is 1. The van der Waals surface area contributed by atoms with Gasteiger partial charge in [-0.1, -0.05) is 39.0 Å². The Hall–Kier alpha value is -4.13. The molecule has 2 aromatic carbocycles. The average molecular weight is 514 g/mol. The number of carbonyl (C=O) groups is 2. The molecule has 7 heteroatoms. The minimum atomic E-state index is -0.766. The highest BCUT2D eigenvalue weighted by molar-refractivity contribution is 6.46. The quantitative estimate of drug-likeness (QED) is 0.256. The van der Waals surface area contributed by atoms with E-state index in [9.17, 15) is 14.7 Å². The van der Waals surface area contributed by atoms with Gasteiger partial charge in [0.1, 0.15) is 11.5 Å². The minimum absolute atomic E-state index is 0.0625. The molecule has 1 amide bonds. The first-order chi connectivity index (χ1) is 18.0. The number of anilines is 1. The summed E-state index contributed by atoms with van der Waals surface area (Å²) in [6.07, 6.45) is 1.65. The van der Waals surface area contributed by atoms with Gasteiger partial charge in [0.15, 0.2) is 0 Å². The van der Waals surface area contributed by atoms with E-state index in [0.29, 0.717) is 17.9 Å². The normalized spacial score (nSPS) is 17.1. The Bertz CT molecular complexity index is 1360. The monoisotopic (exact) mass is 513 g/mol. The van der Waals surface area contributed by atoms with E-state index in [1.54, 1.807) is 18.3 Å². The topological polar surface area (TPSA) is 83.0 Å². The van der Waals surface area contributed by atoms with E-state index in [-0.39, 0.29) is 23.3 Å². The zero-order valence-corrected chi connectivity index (χ0v) is 22.9. The summed E-state index contributed by atoms with van der Waals surface area (Å²) in [6.45, 7) is 8.76. The largest absolute Gasteiger partial charge is 0.507 e. The number of carbonyl (C=O) groups excluding carboxylic acids is 2. The van der Waals surface area contributed by atoms with Gasteiger partial charge in [-0.05, 0) is 60.4 Å². The lowest BCUT2D eigenvalue weighted by Gasteiger charge is -2.26. The van der Waals surface area contributed by atoms with Crippen LogP contribution in [0.15, 0.2) is 72.4 Å². The van der Waals surface area contributed by atoms with Gasteiger partial charge in [-0.25, -0.2) is 0 Å². The van der Waals surface area contributed by atoms with Crippen molar-refractivity contribution >= 4 is 23.1 Å². The van der Waals surface area contributed by atoms with Crippen molar-refractivity contribution in [1.82, 2.24) is 9.88 Å². The third-order valence-corrected chi connectivity index (χ3v) is 6.68. The van der Waals surface area contributed by atoms with Crippen LogP contribution in [0.3, 0.4) is 0 Å².